The standard InChI is InChI=1S/C19H17NO3/c1-2-23-13-16-18(21)17(14-9-5-3-6-10-14)20(19(16)22)15-11-7-4-8-12-15/h3-13,17H,2H2,1H3. The highest BCUT2D eigenvalue weighted by atomic mass is 16.5. The summed E-state index contributed by atoms with van der Waals surface area (Å²) in [6.45, 7) is 2.22. The van der Waals surface area contributed by atoms with Crippen LogP contribution in [0.4, 0.5) is 5.69 Å². The summed E-state index contributed by atoms with van der Waals surface area (Å²) in [6, 6.07) is 17.9. The molecular formula is C19H17NO3. The maximum absolute atomic E-state index is 12.8. The van der Waals surface area contributed by atoms with Crippen molar-refractivity contribution in [1.82, 2.24) is 0 Å². The number of rotatable bonds is 4. The Morgan fingerprint density at radius 1 is 1.00 bits per heavy atom. The van der Waals surface area contributed by atoms with E-state index < -0.39 is 6.04 Å². The zero-order valence-electron chi connectivity index (χ0n) is 12.8. The molecule has 0 N–H and O–H groups in total. The van der Waals surface area contributed by atoms with Crippen molar-refractivity contribution in [3.63, 3.8) is 0 Å². The maximum Gasteiger partial charge on any atom is 0.266 e. The minimum atomic E-state index is -0.655. The summed E-state index contributed by atoms with van der Waals surface area (Å²) in [7, 11) is 0. The molecule has 1 aliphatic rings. The van der Waals surface area contributed by atoms with Crippen LogP contribution in [0.5, 0.6) is 0 Å². The molecule has 0 aromatic heterocycles. The Morgan fingerprint density at radius 2 is 1.61 bits per heavy atom. The Kier molecular flexibility index (Phi) is 4.24. The van der Waals surface area contributed by atoms with E-state index in [1.807, 2.05) is 67.6 Å². The Hall–Kier alpha value is -2.88. The summed E-state index contributed by atoms with van der Waals surface area (Å²) >= 11 is 0. The lowest BCUT2D eigenvalue weighted by atomic mass is 10.0. The lowest BCUT2D eigenvalue weighted by Gasteiger charge is -2.23. The van der Waals surface area contributed by atoms with Crippen molar-refractivity contribution in [2.45, 2.75) is 13.0 Å². The smallest absolute Gasteiger partial charge is 0.266 e. The van der Waals surface area contributed by atoms with Crippen LogP contribution < -0.4 is 4.90 Å². The topological polar surface area (TPSA) is 46.6 Å². The third-order valence-electron chi connectivity index (χ3n) is 3.74. The third kappa shape index (κ3) is 2.75. The zero-order valence-corrected chi connectivity index (χ0v) is 12.8. The molecule has 1 fully saturated rings. The van der Waals surface area contributed by atoms with Crippen LogP contribution in [0.1, 0.15) is 18.5 Å². The van der Waals surface area contributed by atoms with Crippen LogP contribution in [0, 0.1) is 0 Å². The van der Waals surface area contributed by atoms with Crippen molar-refractivity contribution < 1.29 is 14.3 Å². The molecule has 0 aliphatic carbocycles. The van der Waals surface area contributed by atoms with E-state index in [0.29, 0.717) is 12.3 Å². The number of Topliss-reactive ketones (excluding diaryl/α,β-unsaturated/α-hetero) is 1. The van der Waals surface area contributed by atoms with E-state index in [0.717, 1.165) is 5.56 Å². The van der Waals surface area contributed by atoms with Crippen molar-refractivity contribution >= 4 is 17.4 Å². The number of para-hydroxylation sites is 1. The third-order valence-corrected chi connectivity index (χ3v) is 3.74. The van der Waals surface area contributed by atoms with E-state index in [9.17, 15) is 9.59 Å². The number of carbonyl (C=O) groups excluding carboxylic acids is 2. The SMILES string of the molecule is CCOC=C1C(=O)C(c2ccccc2)N(c2ccccc2)C1=O. The van der Waals surface area contributed by atoms with E-state index in [-0.39, 0.29) is 17.3 Å². The monoisotopic (exact) mass is 307 g/mol. The van der Waals surface area contributed by atoms with Crippen molar-refractivity contribution in [3.05, 3.63) is 78.1 Å². The summed E-state index contributed by atoms with van der Waals surface area (Å²) < 4.78 is 5.20. The molecule has 2 aromatic carbocycles. The molecule has 1 unspecified atom stereocenters. The maximum atomic E-state index is 12.8. The first kappa shape index (κ1) is 15.0. The first-order chi connectivity index (χ1) is 11.2. The van der Waals surface area contributed by atoms with Gasteiger partial charge in [0.25, 0.3) is 5.91 Å². The Bertz CT molecular complexity index is 678. The van der Waals surface area contributed by atoms with Gasteiger partial charge in [0.2, 0.25) is 0 Å². The van der Waals surface area contributed by atoms with Crippen molar-refractivity contribution in [1.29, 1.82) is 0 Å². The van der Waals surface area contributed by atoms with E-state index in [4.69, 9.17) is 4.74 Å². The molecule has 1 heterocycles. The van der Waals surface area contributed by atoms with Gasteiger partial charge < -0.3 is 4.74 Å². The van der Waals surface area contributed by atoms with Gasteiger partial charge in [-0.2, -0.15) is 0 Å². The van der Waals surface area contributed by atoms with Gasteiger partial charge in [-0.05, 0) is 24.6 Å². The van der Waals surface area contributed by atoms with E-state index in [2.05, 4.69) is 0 Å². The highest BCUT2D eigenvalue weighted by Gasteiger charge is 2.45. The molecule has 0 spiro atoms. The summed E-state index contributed by atoms with van der Waals surface area (Å²) in [5.74, 6) is -0.568. The van der Waals surface area contributed by atoms with E-state index in [1.165, 1.54) is 11.2 Å². The number of nitrogens with zero attached hydrogens (tertiary/aromatic N) is 1. The second-order valence-corrected chi connectivity index (χ2v) is 5.18. The summed E-state index contributed by atoms with van der Waals surface area (Å²) in [5, 5.41) is 0. The predicted octanol–water partition coefficient (Wildman–Crippen LogP) is 3.26. The molecular weight excluding hydrogens is 290 g/mol. The van der Waals surface area contributed by atoms with Crippen molar-refractivity contribution in [2.75, 3.05) is 11.5 Å². The Balaban J connectivity index is 2.10. The number of carbonyl (C=O) groups is 2. The van der Waals surface area contributed by atoms with Crippen molar-refractivity contribution in [2.24, 2.45) is 0 Å². The molecule has 4 nitrogen and oxygen atoms in total. The highest BCUT2D eigenvalue weighted by molar-refractivity contribution is 6.33. The molecule has 2 aromatic rings. The minimum absolute atomic E-state index is 0.0876. The van der Waals surface area contributed by atoms with Crippen LogP contribution in [0.2, 0.25) is 0 Å². The Labute approximate surface area is 135 Å². The van der Waals surface area contributed by atoms with Gasteiger partial charge in [-0.3, -0.25) is 14.5 Å². The van der Waals surface area contributed by atoms with Gasteiger partial charge in [0.15, 0.2) is 5.78 Å². The lowest BCUT2D eigenvalue weighted by Crippen LogP contribution is -2.28. The molecule has 23 heavy (non-hydrogen) atoms. The van der Waals surface area contributed by atoms with Gasteiger partial charge in [0.1, 0.15) is 11.6 Å². The molecule has 1 atom stereocenters. The summed E-state index contributed by atoms with van der Waals surface area (Å²) in [6.07, 6.45) is 1.28. The fourth-order valence-corrected chi connectivity index (χ4v) is 2.68. The average Bonchev–Trinajstić information content (AvgIpc) is 2.85. The molecule has 1 amide bonds. The average molecular weight is 307 g/mol. The van der Waals surface area contributed by atoms with Crippen LogP contribution in [0.25, 0.3) is 0 Å². The van der Waals surface area contributed by atoms with E-state index >= 15 is 0 Å². The van der Waals surface area contributed by atoms with Gasteiger partial charge in [0.05, 0.1) is 12.9 Å². The van der Waals surface area contributed by atoms with Crippen LogP contribution in [0.15, 0.2) is 72.5 Å². The Morgan fingerprint density at radius 3 is 2.22 bits per heavy atom. The quantitative estimate of drug-likeness (QED) is 0.495. The fraction of sp³-hybridized carbons (Fsp3) is 0.158. The number of hydrogen-bond acceptors (Lipinski definition) is 3. The number of hydrogen-bond donors (Lipinski definition) is 0. The molecule has 1 saturated heterocycles. The molecule has 1 aliphatic heterocycles. The number of benzene rings is 2. The van der Waals surface area contributed by atoms with Gasteiger partial charge in [-0.15, -0.1) is 0 Å². The largest absolute Gasteiger partial charge is 0.501 e. The van der Waals surface area contributed by atoms with E-state index in [1.54, 1.807) is 0 Å². The van der Waals surface area contributed by atoms with Crippen LogP contribution in [-0.4, -0.2) is 18.3 Å². The normalized spacial score (nSPS) is 19.4. The summed E-state index contributed by atoms with van der Waals surface area (Å²) in [4.78, 5) is 27.1. The number of ketones is 1. The van der Waals surface area contributed by atoms with Gasteiger partial charge in [-0.25, -0.2) is 0 Å². The molecule has 0 saturated carbocycles. The molecule has 3 rings (SSSR count). The van der Waals surface area contributed by atoms with Crippen LogP contribution >= 0.6 is 0 Å². The first-order valence-corrected chi connectivity index (χ1v) is 7.53. The number of anilines is 1. The predicted molar refractivity (Wildman–Crippen MR) is 87.8 cm³/mol. The van der Waals surface area contributed by atoms with Crippen LogP contribution in [-0.2, 0) is 14.3 Å². The zero-order chi connectivity index (χ0) is 16.2. The molecule has 4 heteroatoms. The molecule has 0 bridgehead atoms. The van der Waals surface area contributed by atoms with Gasteiger partial charge in [-0.1, -0.05) is 48.5 Å². The highest BCUT2D eigenvalue weighted by Crippen LogP contribution is 2.37. The lowest BCUT2D eigenvalue weighted by molar-refractivity contribution is -0.117. The second-order valence-electron chi connectivity index (χ2n) is 5.18. The minimum Gasteiger partial charge on any atom is -0.501 e. The van der Waals surface area contributed by atoms with Gasteiger partial charge >= 0.3 is 0 Å². The fourth-order valence-electron chi connectivity index (χ4n) is 2.68. The summed E-state index contributed by atoms with van der Waals surface area (Å²) in [5.41, 5.74) is 1.57. The first-order valence-electron chi connectivity index (χ1n) is 7.53. The number of ether oxygens (including phenoxy) is 1. The molecule has 0 radical (unpaired) electrons. The van der Waals surface area contributed by atoms with Crippen LogP contribution in [0.3, 0.4) is 0 Å². The molecule has 116 valence electrons. The second kappa shape index (κ2) is 6.48. The van der Waals surface area contributed by atoms with Gasteiger partial charge in [0, 0.05) is 5.69 Å². The van der Waals surface area contributed by atoms with Crippen molar-refractivity contribution in [3.8, 4) is 0 Å². The number of amides is 1.